The summed E-state index contributed by atoms with van der Waals surface area (Å²) in [6, 6.07) is 1.76. The molecule has 4 unspecified atom stereocenters. The summed E-state index contributed by atoms with van der Waals surface area (Å²) in [6.07, 6.45) is 6.28. The van der Waals surface area contributed by atoms with Gasteiger partial charge in [-0.25, -0.2) is 4.79 Å². The number of carboxylic acids is 1. The Hall–Kier alpha value is -2.15. The third-order valence-corrected chi connectivity index (χ3v) is 6.17. The normalized spacial score (nSPS) is 26.1. The minimum Gasteiger partial charge on any atom is -0.481 e. The number of hydrogen-bond donors (Lipinski definition) is 2. The molecule has 1 aromatic heterocycles. The van der Waals surface area contributed by atoms with Crippen molar-refractivity contribution >= 4 is 34.2 Å². The van der Waals surface area contributed by atoms with Crippen LogP contribution in [0.15, 0.2) is 18.2 Å². The maximum Gasteiger partial charge on any atom is 0.341 e. The molecule has 1 heterocycles. The number of carboxylic acid groups (broad SMARTS) is 1. The van der Waals surface area contributed by atoms with Gasteiger partial charge in [-0.1, -0.05) is 25.5 Å². The Labute approximate surface area is 156 Å². The van der Waals surface area contributed by atoms with Crippen LogP contribution in [0.1, 0.15) is 41.9 Å². The molecule has 1 fully saturated rings. The largest absolute Gasteiger partial charge is 0.481 e. The highest BCUT2D eigenvalue weighted by molar-refractivity contribution is 7.16. The number of ether oxygens (including phenoxy) is 1. The molecule has 4 atom stereocenters. The van der Waals surface area contributed by atoms with Gasteiger partial charge in [0.15, 0.2) is 0 Å². The van der Waals surface area contributed by atoms with Crippen LogP contribution < -0.4 is 5.32 Å². The molecule has 0 aliphatic heterocycles. The summed E-state index contributed by atoms with van der Waals surface area (Å²) in [5, 5.41) is 12.8. The van der Waals surface area contributed by atoms with Gasteiger partial charge in [0.05, 0.1) is 24.0 Å². The van der Waals surface area contributed by atoms with Gasteiger partial charge in [-0.05, 0) is 37.7 Å². The average molecular weight is 377 g/mol. The van der Waals surface area contributed by atoms with Crippen molar-refractivity contribution in [3.8, 4) is 0 Å². The number of rotatable bonds is 7. The summed E-state index contributed by atoms with van der Waals surface area (Å²) < 4.78 is 5.09. The van der Waals surface area contributed by atoms with Crippen molar-refractivity contribution < 1.29 is 24.2 Å². The zero-order valence-corrected chi connectivity index (χ0v) is 15.7. The molecule has 0 spiro atoms. The number of thiophene rings is 1. The minimum atomic E-state index is -0.939. The van der Waals surface area contributed by atoms with E-state index in [0.717, 1.165) is 17.7 Å². The third-order valence-electron chi connectivity index (χ3n) is 5.06. The van der Waals surface area contributed by atoms with Gasteiger partial charge in [0.25, 0.3) is 0 Å². The molecule has 7 heteroatoms. The maximum absolute atomic E-state index is 12.9. The first-order valence-corrected chi connectivity index (χ1v) is 9.79. The predicted molar refractivity (Wildman–Crippen MR) is 98.3 cm³/mol. The number of allylic oxidation sites excluding steroid dienone is 2. The van der Waals surface area contributed by atoms with Gasteiger partial charge in [0, 0.05) is 4.88 Å². The SMILES string of the molecule is CCCc1cc(C(=O)OCC)c(NC(=O)C2C3C=CC(C3)C2C(=O)O)s1. The molecule has 26 heavy (non-hydrogen) atoms. The van der Waals surface area contributed by atoms with Crippen LogP contribution in [0.4, 0.5) is 5.00 Å². The number of anilines is 1. The van der Waals surface area contributed by atoms with Crippen molar-refractivity contribution in [1.82, 2.24) is 0 Å². The van der Waals surface area contributed by atoms with E-state index in [4.69, 9.17) is 4.74 Å². The standard InChI is InChI=1S/C19H23NO5S/c1-3-5-12-9-13(19(24)25-4-2)17(26-12)20-16(21)14-10-6-7-11(8-10)15(14)18(22)23/h6-7,9-11,14-15H,3-5,8H2,1-2H3,(H,20,21)(H,22,23). The second kappa shape index (κ2) is 7.61. The third kappa shape index (κ3) is 3.40. The van der Waals surface area contributed by atoms with Gasteiger partial charge in [-0.15, -0.1) is 11.3 Å². The first-order valence-electron chi connectivity index (χ1n) is 8.98. The van der Waals surface area contributed by atoms with Crippen LogP contribution in [0.2, 0.25) is 0 Å². The fraction of sp³-hybridized carbons (Fsp3) is 0.526. The van der Waals surface area contributed by atoms with Crippen LogP contribution in [0.5, 0.6) is 0 Å². The zero-order chi connectivity index (χ0) is 18.8. The Morgan fingerprint density at radius 1 is 1.23 bits per heavy atom. The number of carbonyl (C=O) groups is 3. The Bertz CT molecular complexity index is 753. The Morgan fingerprint density at radius 3 is 2.54 bits per heavy atom. The predicted octanol–water partition coefficient (Wildman–Crippen LogP) is 3.34. The lowest BCUT2D eigenvalue weighted by Gasteiger charge is -2.23. The van der Waals surface area contributed by atoms with E-state index >= 15 is 0 Å². The number of amides is 1. The van der Waals surface area contributed by atoms with Gasteiger partial charge < -0.3 is 15.2 Å². The maximum atomic E-state index is 12.9. The molecule has 3 rings (SSSR count). The number of nitrogens with one attached hydrogen (secondary N) is 1. The number of aliphatic carboxylic acids is 1. The molecule has 2 aliphatic rings. The molecular formula is C19H23NO5S. The first-order chi connectivity index (χ1) is 12.5. The molecule has 0 saturated heterocycles. The van der Waals surface area contributed by atoms with Gasteiger partial charge in [0.2, 0.25) is 5.91 Å². The number of aryl methyl sites for hydroxylation is 1. The van der Waals surface area contributed by atoms with E-state index in [1.165, 1.54) is 11.3 Å². The molecule has 1 saturated carbocycles. The van der Waals surface area contributed by atoms with Crippen molar-refractivity contribution in [3.05, 3.63) is 28.7 Å². The van der Waals surface area contributed by atoms with Crippen LogP contribution in [0.3, 0.4) is 0 Å². The first kappa shape index (κ1) is 18.6. The second-order valence-corrected chi connectivity index (χ2v) is 7.89. The fourth-order valence-electron chi connectivity index (χ4n) is 3.98. The summed E-state index contributed by atoms with van der Waals surface area (Å²) in [5.74, 6) is -3.18. The Kier molecular flexibility index (Phi) is 5.46. The number of esters is 1. The van der Waals surface area contributed by atoms with Gasteiger partial charge in [-0.3, -0.25) is 9.59 Å². The van der Waals surface area contributed by atoms with Crippen molar-refractivity contribution in [2.24, 2.45) is 23.7 Å². The molecule has 1 aromatic rings. The second-order valence-electron chi connectivity index (χ2n) is 6.75. The van der Waals surface area contributed by atoms with Crippen LogP contribution in [0.25, 0.3) is 0 Å². The van der Waals surface area contributed by atoms with Gasteiger partial charge in [0.1, 0.15) is 5.00 Å². The van der Waals surface area contributed by atoms with Crippen molar-refractivity contribution in [1.29, 1.82) is 0 Å². The van der Waals surface area contributed by atoms with Crippen molar-refractivity contribution in [3.63, 3.8) is 0 Å². The van der Waals surface area contributed by atoms with Crippen LogP contribution in [-0.2, 0) is 20.7 Å². The highest BCUT2D eigenvalue weighted by atomic mass is 32.1. The highest BCUT2D eigenvalue weighted by Gasteiger charge is 2.51. The van der Waals surface area contributed by atoms with E-state index < -0.39 is 23.8 Å². The lowest BCUT2D eigenvalue weighted by Crippen LogP contribution is -2.36. The molecule has 1 amide bonds. The lowest BCUT2D eigenvalue weighted by atomic mass is 9.82. The van der Waals surface area contributed by atoms with Gasteiger partial charge >= 0.3 is 11.9 Å². The Morgan fingerprint density at radius 2 is 1.92 bits per heavy atom. The quantitative estimate of drug-likeness (QED) is 0.562. The number of fused-ring (bicyclic) bond motifs is 2. The van der Waals surface area contributed by atoms with Crippen molar-refractivity contribution in [2.45, 2.75) is 33.1 Å². The van der Waals surface area contributed by atoms with E-state index in [1.54, 1.807) is 13.0 Å². The molecule has 2 bridgehead atoms. The van der Waals surface area contributed by atoms with Gasteiger partial charge in [-0.2, -0.15) is 0 Å². The van der Waals surface area contributed by atoms with E-state index in [0.29, 0.717) is 17.0 Å². The Balaban J connectivity index is 1.83. The smallest absolute Gasteiger partial charge is 0.341 e. The van der Waals surface area contributed by atoms with Crippen LogP contribution in [0, 0.1) is 23.7 Å². The van der Waals surface area contributed by atoms with Crippen LogP contribution in [-0.4, -0.2) is 29.6 Å². The molecule has 0 radical (unpaired) electrons. The fourth-order valence-corrected chi connectivity index (χ4v) is 5.13. The summed E-state index contributed by atoms with van der Waals surface area (Å²) in [5.41, 5.74) is 0.347. The monoisotopic (exact) mass is 377 g/mol. The summed E-state index contributed by atoms with van der Waals surface area (Å²) in [4.78, 5) is 37.7. The summed E-state index contributed by atoms with van der Waals surface area (Å²) in [6.45, 7) is 4.03. The number of carbonyl (C=O) groups excluding carboxylic acids is 2. The van der Waals surface area contributed by atoms with E-state index in [-0.39, 0.29) is 24.3 Å². The van der Waals surface area contributed by atoms with E-state index in [2.05, 4.69) is 5.32 Å². The topological polar surface area (TPSA) is 92.7 Å². The average Bonchev–Trinajstić information content (AvgIpc) is 3.29. The van der Waals surface area contributed by atoms with Crippen LogP contribution >= 0.6 is 11.3 Å². The summed E-state index contributed by atoms with van der Waals surface area (Å²) >= 11 is 1.36. The summed E-state index contributed by atoms with van der Waals surface area (Å²) in [7, 11) is 0. The molecule has 2 N–H and O–H groups in total. The molecule has 2 aliphatic carbocycles. The highest BCUT2D eigenvalue weighted by Crippen LogP contribution is 2.48. The molecule has 0 aromatic carbocycles. The lowest BCUT2D eigenvalue weighted by molar-refractivity contribution is -0.146. The van der Waals surface area contributed by atoms with E-state index in [9.17, 15) is 19.5 Å². The number of hydrogen-bond acceptors (Lipinski definition) is 5. The molecular weight excluding hydrogens is 354 g/mol. The molecule has 6 nitrogen and oxygen atoms in total. The molecule has 140 valence electrons. The zero-order valence-electron chi connectivity index (χ0n) is 14.9. The van der Waals surface area contributed by atoms with E-state index in [1.807, 2.05) is 19.1 Å². The minimum absolute atomic E-state index is 0.0535. The van der Waals surface area contributed by atoms with Crippen molar-refractivity contribution in [2.75, 3.05) is 11.9 Å².